The molecule has 0 bridgehead atoms. The van der Waals surface area contributed by atoms with Crippen molar-refractivity contribution in [3.8, 4) is 11.3 Å². The van der Waals surface area contributed by atoms with Gasteiger partial charge in [-0.15, -0.1) is 0 Å². The summed E-state index contributed by atoms with van der Waals surface area (Å²) in [6, 6.07) is 5.74. The van der Waals surface area contributed by atoms with Crippen LogP contribution in [0.15, 0.2) is 35.1 Å². The van der Waals surface area contributed by atoms with Crippen LogP contribution in [0.5, 0.6) is 0 Å². The first-order valence-corrected chi connectivity index (χ1v) is 8.54. The molecule has 130 valence electrons. The Balaban J connectivity index is 1.69. The number of rotatable bonds is 6. The number of hydrogen-bond acceptors (Lipinski definition) is 6. The Morgan fingerprint density at radius 2 is 2.17 bits per heavy atom. The third-order valence-electron chi connectivity index (χ3n) is 4.94. The van der Waals surface area contributed by atoms with Gasteiger partial charge in [-0.3, -0.25) is 9.88 Å². The largest absolute Gasteiger partial charge is 0.396 e. The normalized spacial score (nSPS) is 25.0. The number of likely N-dealkylation sites (tertiary alicyclic amines) is 1. The number of aromatic nitrogens is 2. The maximum absolute atomic E-state index is 10.4. The predicted octanol–water partition coefficient (Wildman–Crippen LogP) is 2.08. The van der Waals surface area contributed by atoms with Crippen LogP contribution < -0.4 is 0 Å². The van der Waals surface area contributed by atoms with E-state index < -0.39 is 11.5 Å². The Hall–Kier alpha value is -1.76. The summed E-state index contributed by atoms with van der Waals surface area (Å²) in [6.07, 6.45) is 5.46. The van der Waals surface area contributed by atoms with Crippen LogP contribution >= 0.6 is 0 Å². The Kier molecular flexibility index (Phi) is 5.28. The molecule has 1 aliphatic heterocycles. The Bertz CT molecular complexity index is 646. The molecule has 2 aromatic heterocycles. The molecular formula is C18H25N3O3. The first kappa shape index (κ1) is 17.1. The molecule has 0 aromatic carbocycles. The van der Waals surface area contributed by atoms with Gasteiger partial charge in [-0.2, -0.15) is 0 Å². The van der Waals surface area contributed by atoms with Gasteiger partial charge in [0.25, 0.3) is 0 Å². The molecular weight excluding hydrogens is 306 g/mol. The number of nitrogens with zero attached hydrogens (tertiary/aromatic N) is 3. The van der Waals surface area contributed by atoms with Crippen LogP contribution in [0.1, 0.15) is 31.9 Å². The molecule has 0 amide bonds. The average molecular weight is 331 g/mol. The quantitative estimate of drug-likeness (QED) is 0.843. The van der Waals surface area contributed by atoms with Gasteiger partial charge in [-0.25, -0.2) is 0 Å². The van der Waals surface area contributed by atoms with Crippen molar-refractivity contribution < 1.29 is 14.7 Å². The van der Waals surface area contributed by atoms with Gasteiger partial charge in [0.05, 0.1) is 19.3 Å². The summed E-state index contributed by atoms with van der Waals surface area (Å²) in [5, 5.41) is 24.3. The summed E-state index contributed by atoms with van der Waals surface area (Å²) >= 11 is 0. The van der Waals surface area contributed by atoms with Crippen LogP contribution in [0, 0.1) is 5.41 Å². The highest BCUT2D eigenvalue weighted by molar-refractivity contribution is 5.57. The lowest BCUT2D eigenvalue weighted by Gasteiger charge is -2.45. The second kappa shape index (κ2) is 7.42. The Morgan fingerprint density at radius 3 is 2.88 bits per heavy atom. The second-order valence-corrected chi connectivity index (χ2v) is 6.70. The van der Waals surface area contributed by atoms with Crippen LogP contribution in [-0.2, 0) is 6.54 Å². The van der Waals surface area contributed by atoms with E-state index in [2.05, 4.69) is 22.0 Å². The maximum atomic E-state index is 10.4. The molecule has 1 fully saturated rings. The van der Waals surface area contributed by atoms with Gasteiger partial charge in [-0.1, -0.05) is 18.5 Å². The zero-order chi connectivity index (χ0) is 17.0. The fourth-order valence-corrected chi connectivity index (χ4v) is 3.62. The van der Waals surface area contributed by atoms with Crippen molar-refractivity contribution in [1.29, 1.82) is 0 Å². The number of aliphatic hydroxyl groups excluding tert-OH is 2. The van der Waals surface area contributed by atoms with Gasteiger partial charge in [-0.05, 0) is 25.0 Å². The Labute approximate surface area is 142 Å². The van der Waals surface area contributed by atoms with Crippen molar-refractivity contribution in [2.24, 2.45) is 5.41 Å². The third kappa shape index (κ3) is 3.50. The van der Waals surface area contributed by atoms with E-state index in [4.69, 9.17) is 4.52 Å². The first-order valence-electron chi connectivity index (χ1n) is 8.54. The van der Waals surface area contributed by atoms with Gasteiger partial charge in [0, 0.05) is 42.5 Å². The molecule has 1 aliphatic rings. The summed E-state index contributed by atoms with van der Waals surface area (Å²) in [5.74, 6) is 0.793. The molecule has 2 atom stereocenters. The van der Waals surface area contributed by atoms with Crippen molar-refractivity contribution in [3.05, 3.63) is 36.4 Å². The highest BCUT2D eigenvalue weighted by Gasteiger charge is 2.41. The fourth-order valence-electron chi connectivity index (χ4n) is 3.62. The van der Waals surface area contributed by atoms with Crippen molar-refractivity contribution in [2.75, 3.05) is 19.7 Å². The summed E-state index contributed by atoms with van der Waals surface area (Å²) in [6.45, 7) is 4.19. The van der Waals surface area contributed by atoms with E-state index in [1.54, 1.807) is 12.4 Å². The van der Waals surface area contributed by atoms with Crippen LogP contribution in [-0.4, -0.2) is 51.1 Å². The second-order valence-electron chi connectivity index (χ2n) is 6.70. The molecule has 6 heteroatoms. The highest BCUT2D eigenvalue weighted by atomic mass is 16.5. The number of aliphatic hydroxyl groups is 2. The topological polar surface area (TPSA) is 82.6 Å². The van der Waals surface area contributed by atoms with Crippen molar-refractivity contribution in [3.63, 3.8) is 0 Å². The molecule has 0 spiro atoms. The maximum Gasteiger partial charge on any atom is 0.151 e. The summed E-state index contributed by atoms with van der Waals surface area (Å²) in [5.41, 5.74) is 1.34. The highest BCUT2D eigenvalue weighted by Crippen LogP contribution is 2.35. The standard InChI is InChI=1S/C18H25N3O3/c1-2-6-18(13-22)12-21(9-5-17(18)23)11-15-10-16(20-24-15)14-3-7-19-8-4-14/h3-4,7-8,10,17,22-23H,2,5-6,9,11-13H2,1H3/t17-,18-/m0/s1. The van der Waals surface area contributed by atoms with Crippen LogP contribution in [0.25, 0.3) is 11.3 Å². The van der Waals surface area contributed by atoms with Crippen molar-refractivity contribution in [1.82, 2.24) is 15.0 Å². The van der Waals surface area contributed by atoms with Crippen molar-refractivity contribution in [2.45, 2.75) is 38.8 Å². The zero-order valence-corrected chi connectivity index (χ0v) is 14.1. The zero-order valence-electron chi connectivity index (χ0n) is 14.1. The number of piperidine rings is 1. The smallest absolute Gasteiger partial charge is 0.151 e. The molecule has 0 saturated carbocycles. The van der Waals surface area contributed by atoms with E-state index in [0.717, 1.165) is 36.4 Å². The number of pyridine rings is 1. The van der Waals surface area contributed by atoms with Gasteiger partial charge in [0.15, 0.2) is 5.76 Å². The van der Waals surface area contributed by atoms with E-state index in [9.17, 15) is 10.2 Å². The average Bonchev–Trinajstić information content (AvgIpc) is 3.07. The van der Waals surface area contributed by atoms with E-state index in [0.29, 0.717) is 19.5 Å². The fraction of sp³-hybridized carbons (Fsp3) is 0.556. The third-order valence-corrected chi connectivity index (χ3v) is 4.94. The lowest BCUT2D eigenvalue weighted by molar-refractivity contribution is -0.0832. The van der Waals surface area contributed by atoms with E-state index in [1.165, 1.54) is 0 Å². The molecule has 2 N–H and O–H groups in total. The van der Waals surface area contributed by atoms with E-state index >= 15 is 0 Å². The summed E-state index contributed by atoms with van der Waals surface area (Å²) < 4.78 is 5.47. The molecule has 3 rings (SSSR count). The number of hydrogen-bond donors (Lipinski definition) is 2. The molecule has 1 saturated heterocycles. The molecule has 0 radical (unpaired) electrons. The minimum atomic E-state index is -0.444. The van der Waals surface area contributed by atoms with Gasteiger partial charge in [0.2, 0.25) is 0 Å². The van der Waals surface area contributed by atoms with Gasteiger partial charge < -0.3 is 14.7 Å². The summed E-state index contributed by atoms with van der Waals surface area (Å²) in [4.78, 5) is 6.24. The van der Waals surface area contributed by atoms with Crippen LogP contribution in [0.2, 0.25) is 0 Å². The molecule has 3 heterocycles. The summed E-state index contributed by atoms with van der Waals surface area (Å²) in [7, 11) is 0. The van der Waals surface area contributed by atoms with Crippen LogP contribution in [0.3, 0.4) is 0 Å². The van der Waals surface area contributed by atoms with E-state index in [-0.39, 0.29) is 6.61 Å². The predicted molar refractivity (Wildman–Crippen MR) is 90.1 cm³/mol. The minimum Gasteiger partial charge on any atom is -0.396 e. The van der Waals surface area contributed by atoms with Crippen molar-refractivity contribution >= 4 is 0 Å². The first-order chi connectivity index (χ1) is 11.7. The molecule has 0 aliphatic carbocycles. The Morgan fingerprint density at radius 1 is 1.38 bits per heavy atom. The molecule has 2 aromatic rings. The lowest BCUT2D eigenvalue weighted by Crippen LogP contribution is -2.53. The molecule has 24 heavy (non-hydrogen) atoms. The lowest BCUT2D eigenvalue weighted by atomic mass is 9.74. The van der Waals surface area contributed by atoms with Gasteiger partial charge >= 0.3 is 0 Å². The van der Waals surface area contributed by atoms with Crippen LogP contribution in [0.4, 0.5) is 0 Å². The molecule has 0 unspecified atom stereocenters. The SMILES string of the molecule is CCC[C@@]1(CO)CN(Cc2cc(-c3ccncc3)no2)CC[C@@H]1O. The van der Waals surface area contributed by atoms with E-state index in [1.807, 2.05) is 18.2 Å². The molecule has 6 nitrogen and oxygen atoms in total. The van der Waals surface area contributed by atoms with Gasteiger partial charge in [0.1, 0.15) is 5.69 Å². The monoisotopic (exact) mass is 331 g/mol. The minimum absolute atomic E-state index is 0.0111.